The second kappa shape index (κ2) is 6.27. The summed E-state index contributed by atoms with van der Waals surface area (Å²) in [4.78, 5) is 0. The van der Waals surface area contributed by atoms with E-state index in [0.717, 1.165) is 17.0 Å². The van der Waals surface area contributed by atoms with Gasteiger partial charge in [-0.05, 0) is 36.5 Å². The van der Waals surface area contributed by atoms with Crippen LogP contribution in [0.4, 0.5) is 0 Å². The number of hydrogen-bond acceptors (Lipinski definition) is 1. The van der Waals surface area contributed by atoms with Crippen LogP contribution in [0.3, 0.4) is 0 Å². The van der Waals surface area contributed by atoms with E-state index in [1.807, 2.05) is 19.1 Å². The molecule has 0 radical (unpaired) electrons. The Balaban J connectivity index is 2.65. The first-order chi connectivity index (χ1) is 7.54. The van der Waals surface area contributed by atoms with E-state index in [2.05, 4.69) is 19.9 Å². The fourth-order valence-corrected chi connectivity index (χ4v) is 2.20. The largest absolute Gasteiger partial charge is 0.324 e. The maximum Gasteiger partial charge on any atom is 0.0435 e. The minimum Gasteiger partial charge on any atom is -0.324 e. The molecule has 90 valence electrons. The summed E-state index contributed by atoms with van der Waals surface area (Å²) in [6.07, 6.45) is 3.53. The van der Waals surface area contributed by atoms with Gasteiger partial charge >= 0.3 is 0 Å². The molecule has 2 unspecified atom stereocenters. The molecule has 16 heavy (non-hydrogen) atoms. The van der Waals surface area contributed by atoms with E-state index in [1.54, 1.807) is 0 Å². The Morgan fingerprint density at radius 3 is 2.62 bits per heavy atom. The van der Waals surface area contributed by atoms with Gasteiger partial charge in [-0.1, -0.05) is 50.4 Å². The van der Waals surface area contributed by atoms with Crippen molar-refractivity contribution in [2.75, 3.05) is 0 Å². The quantitative estimate of drug-likeness (QED) is 0.806. The summed E-state index contributed by atoms with van der Waals surface area (Å²) in [6.45, 7) is 6.51. The van der Waals surface area contributed by atoms with Crippen LogP contribution < -0.4 is 5.73 Å². The van der Waals surface area contributed by atoms with Crippen molar-refractivity contribution in [1.29, 1.82) is 0 Å². The fourth-order valence-electron chi connectivity index (χ4n) is 2.08. The number of halogens is 1. The molecule has 1 aromatic rings. The third kappa shape index (κ3) is 3.80. The fraction of sp³-hybridized carbons (Fsp3) is 0.571. The number of aryl methyl sites for hydroxylation is 1. The lowest BCUT2D eigenvalue weighted by Crippen LogP contribution is -2.14. The average Bonchev–Trinajstić information content (AvgIpc) is 2.22. The lowest BCUT2D eigenvalue weighted by atomic mass is 9.93. The molecular formula is C14H22ClN. The predicted octanol–water partition coefficient (Wildman–Crippen LogP) is 4.47. The average molecular weight is 240 g/mol. The summed E-state index contributed by atoms with van der Waals surface area (Å²) in [5.74, 6) is 0.691. The zero-order chi connectivity index (χ0) is 12.1. The molecule has 1 rings (SSSR count). The predicted molar refractivity (Wildman–Crippen MR) is 71.8 cm³/mol. The van der Waals surface area contributed by atoms with Crippen LogP contribution in [0.15, 0.2) is 18.2 Å². The van der Waals surface area contributed by atoms with Crippen molar-refractivity contribution < 1.29 is 0 Å². The monoisotopic (exact) mass is 239 g/mol. The van der Waals surface area contributed by atoms with Gasteiger partial charge < -0.3 is 5.73 Å². The summed E-state index contributed by atoms with van der Waals surface area (Å²) in [5, 5.41) is 0.817. The summed E-state index contributed by atoms with van der Waals surface area (Å²) in [5.41, 5.74) is 8.51. The minimum atomic E-state index is 0.137. The van der Waals surface area contributed by atoms with Crippen LogP contribution in [0.2, 0.25) is 5.02 Å². The van der Waals surface area contributed by atoms with Gasteiger partial charge in [0.2, 0.25) is 0 Å². The number of rotatable bonds is 5. The van der Waals surface area contributed by atoms with Gasteiger partial charge in [-0.2, -0.15) is 0 Å². The third-order valence-corrected chi connectivity index (χ3v) is 3.47. The lowest BCUT2D eigenvalue weighted by molar-refractivity contribution is 0.440. The maximum absolute atomic E-state index is 6.20. The van der Waals surface area contributed by atoms with Gasteiger partial charge in [0.25, 0.3) is 0 Å². The van der Waals surface area contributed by atoms with E-state index >= 15 is 0 Å². The summed E-state index contributed by atoms with van der Waals surface area (Å²) in [7, 11) is 0. The zero-order valence-corrected chi connectivity index (χ0v) is 11.2. The van der Waals surface area contributed by atoms with Crippen LogP contribution in [-0.4, -0.2) is 0 Å². The molecule has 0 saturated heterocycles. The van der Waals surface area contributed by atoms with Gasteiger partial charge in [-0.15, -0.1) is 0 Å². The number of benzene rings is 1. The van der Waals surface area contributed by atoms with E-state index in [9.17, 15) is 0 Å². The topological polar surface area (TPSA) is 26.0 Å². The molecule has 0 aliphatic heterocycles. The smallest absolute Gasteiger partial charge is 0.0435 e. The first kappa shape index (κ1) is 13.5. The van der Waals surface area contributed by atoms with Gasteiger partial charge in [-0.3, -0.25) is 0 Å². The van der Waals surface area contributed by atoms with Crippen molar-refractivity contribution in [2.24, 2.45) is 11.7 Å². The maximum atomic E-state index is 6.20. The Morgan fingerprint density at radius 1 is 1.38 bits per heavy atom. The lowest BCUT2D eigenvalue weighted by Gasteiger charge is -2.17. The van der Waals surface area contributed by atoms with Crippen molar-refractivity contribution in [3.63, 3.8) is 0 Å². The van der Waals surface area contributed by atoms with Crippen LogP contribution in [0.5, 0.6) is 0 Å². The molecule has 0 saturated carbocycles. The molecule has 0 aliphatic rings. The first-order valence-corrected chi connectivity index (χ1v) is 6.44. The molecule has 2 atom stereocenters. The molecule has 1 aromatic carbocycles. The van der Waals surface area contributed by atoms with Crippen LogP contribution >= 0.6 is 11.6 Å². The van der Waals surface area contributed by atoms with E-state index in [4.69, 9.17) is 17.3 Å². The van der Waals surface area contributed by atoms with Crippen LogP contribution in [0.25, 0.3) is 0 Å². The third-order valence-electron chi connectivity index (χ3n) is 3.05. The molecular weight excluding hydrogens is 218 g/mol. The highest BCUT2D eigenvalue weighted by Crippen LogP contribution is 2.25. The Labute approximate surface area is 104 Å². The Hall–Kier alpha value is -0.530. The van der Waals surface area contributed by atoms with Gasteiger partial charge in [0, 0.05) is 11.1 Å². The van der Waals surface area contributed by atoms with E-state index < -0.39 is 0 Å². The Kier molecular flexibility index (Phi) is 5.30. The molecule has 0 aliphatic carbocycles. The highest BCUT2D eigenvalue weighted by atomic mass is 35.5. The molecule has 2 N–H and O–H groups in total. The van der Waals surface area contributed by atoms with Crippen molar-refractivity contribution in [1.82, 2.24) is 0 Å². The van der Waals surface area contributed by atoms with Crippen molar-refractivity contribution in [3.05, 3.63) is 34.3 Å². The molecule has 2 heteroatoms. The molecule has 0 aromatic heterocycles. The van der Waals surface area contributed by atoms with Crippen LogP contribution in [0.1, 0.15) is 50.3 Å². The van der Waals surface area contributed by atoms with Crippen molar-refractivity contribution in [2.45, 2.75) is 46.1 Å². The Bertz CT molecular complexity index is 336. The second-order valence-corrected chi connectivity index (χ2v) is 5.15. The first-order valence-electron chi connectivity index (χ1n) is 6.06. The minimum absolute atomic E-state index is 0.137. The molecule has 0 heterocycles. The van der Waals surface area contributed by atoms with E-state index in [1.165, 1.54) is 18.4 Å². The van der Waals surface area contributed by atoms with E-state index in [0.29, 0.717) is 5.92 Å². The van der Waals surface area contributed by atoms with Gasteiger partial charge in [-0.25, -0.2) is 0 Å². The molecule has 0 spiro atoms. The zero-order valence-electron chi connectivity index (χ0n) is 10.5. The van der Waals surface area contributed by atoms with Crippen LogP contribution in [-0.2, 0) is 0 Å². The van der Waals surface area contributed by atoms with Gasteiger partial charge in [0.15, 0.2) is 0 Å². The highest BCUT2D eigenvalue weighted by molar-refractivity contribution is 6.31. The standard InChI is InChI=1S/C14H22ClN/c1-4-5-10(2)8-14(16)12-6-7-13(15)11(3)9-12/h6-7,9-10,14H,4-5,8,16H2,1-3H3. The molecule has 0 amide bonds. The summed E-state index contributed by atoms with van der Waals surface area (Å²) in [6, 6.07) is 6.22. The second-order valence-electron chi connectivity index (χ2n) is 4.74. The van der Waals surface area contributed by atoms with E-state index in [-0.39, 0.29) is 6.04 Å². The number of nitrogens with two attached hydrogens (primary N) is 1. The highest BCUT2D eigenvalue weighted by Gasteiger charge is 2.11. The van der Waals surface area contributed by atoms with Crippen molar-refractivity contribution in [3.8, 4) is 0 Å². The van der Waals surface area contributed by atoms with Gasteiger partial charge in [0.1, 0.15) is 0 Å². The van der Waals surface area contributed by atoms with Gasteiger partial charge in [0.05, 0.1) is 0 Å². The molecule has 0 fully saturated rings. The molecule has 0 bridgehead atoms. The normalized spacial score (nSPS) is 14.8. The summed E-state index contributed by atoms with van der Waals surface area (Å²) < 4.78 is 0. The SMILES string of the molecule is CCCC(C)CC(N)c1ccc(Cl)c(C)c1. The Morgan fingerprint density at radius 2 is 2.06 bits per heavy atom. The number of hydrogen-bond donors (Lipinski definition) is 1. The van der Waals surface area contributed by atoms with Crippen LogP contribution in [0, 0.1) is 12.8 Å². The van der Waals surface area contributed by atoms with Crippen molar-refractivity contribution >= 4 is 11.6 Å². The molecule has 1 nitrogen and oxygen atoms in total. The summed E-state index contributed by atoms with van der Waals surface area (Å²) >= 11 is 6.00.